The molecule has 3 aromatic carbocycles. The minimum Gasteiger partial charge on any atom is -0.414 e. The van der Waals surface area contributed by atoms with Crippen LogP contribution >= 0.6 is 0 Å². The highest BCUT2D eigenvalue weighted by atomic mass is 28.4. The molecule has 0 aliphatic carbocycles. The maximum absolute atomic E-state index is 14.7. The lowest BCUT2D eigenvalue weighted by Gasteiger charge is -2.39. The topological polar surface area (TPSA) is 36.3 Å². The molecule has 1 aromatic heterocycles. The van der Waals surface area contributed by atoms with E-state index in [1.165, 1.54) is 6.20 Å². The SMILES string of the molecule is CC(C)(C)[Si](C)(C)OCCOC(c1nccn1C(c1ccccc1)(c1ccccc1)c1ccccc1)C(F)(F)F. The summed E-state index contributed by atoms with van der Waals surface area (Å²) < 4.78 is 57.4. The smallest absolute Gasteiger partial charge is 0.414 e. The maximum atomic E-state index is 14.7. The van der Waals surface area contributed by atoms with Gasteiger partial charge in [0, 0.05) is 12.4 Å². The molecule has 0 N–H and O–H groups in total. The predicted octanol–water partition coefficient (Wildman–Crippen LogP) is 8.37. The average molecular weight is 567 g/mol. The molecule has 4 aromatic rings. The van der Waals surface area contributed by atoms with Crippen LogP contribution in [0, 0.1) is 0 Å². The fourth-order valence-electron chi connectivity index (χ4n) is 4.74. The lowest BCUT2D eigenvalue weighted by atomic mass is 9.76. The Balaban J connectivity index is 1.84. The monoisotopic (exact) mass is 566 g/mol. The molecule has 0 aliphatic heterocycles. The molecule has 0 aliphatic rings. The molecule has 0 fully saturated rings. The average Bonchev–Trinajstić information content (AvgIpc) is 3.39. The van der Waals surface area contributed by atoms with Crippen LogP contribution in [0.15, 0.2) is 103 Å². The highest BCUT2D eigenvalue weighted by Gasteiger charge is 2.48. The van der Waals surface area contributed by atoms with Gasteiger partial charge in [-0.2, -0.15) is 13.2 Å². The Bertz CT molecular complexity index is 1260. The molecule has 0 saturated heterocycles. The number of hydrogen-bond acceptors (Lipinski definition) is 3. The van der Waals surface area contributed by atoms with Crippen molar-refractivity contribution in [3.63, 3.8) is 0 Å². The van der Waals surface area contributed by atoms with Crippen molar-refractivity contribution in [3.8, 4) is 0 Å². The first-order chi connectivity index (χ1) is 18.9. The standard InChI is InChI=1S/C32H37F3N2O2Si/c1-30(2,3)40(4,5)39-24-23-38-28(32(33,34)35)29-36-21-22-37(29)31(25-15-9-6-10-16-25,26-17-11-7-12-18-26)27-19-13-8-14-20-27/h6-22,28H,23-24H2,1-5H3. The fraction of sp³-hybridized carbons (Fsp3) is 0.344. The number of aromatic nitrogens is 2. The molecule has 0 radical (unpaired) electrons. The van der Waals surface area contributed by atoms with Crippen LogP contribution in [0.25, 0.3) is 0 Å². The first kappa shape index (κ1) is 29.8. The first-order valence-corrected chi connectivity index (χ1v) is 16.3. The van der Waals surface area contributed by atoms with E-state index in [0.717, 1.165) is 16.7 Å². The van der Waals surface area contributed by atoms with Gasteiger partial charge in [0.25, 0.3) is 0 Å². The van der Waals surface area contributed by atoms with Crippen LogP contribution in [0.1, 0.15) is 49.4 Å². The summed E-state index contributed by atoms with van der Waals surface area (Å²) in [5.41, 5.74) is 1.26. The molecule has 1 heterocycles. The van der Waals surface area contributed by atoms with Crippen molar-refractivity contribution >= 4 is 8.32 Å². The van der Waals surface area contributed by atoms with Crippen molar-refractivity contribution in [1.82, 2.24) is 9.55 Å². The largest absolute Gasteiger partial charge is 0.421 e. The number of rotatable bonds is 10. The van der Waals surface area contributed by atoms with E-state index in [2.05, 4.69) is 38.8 Å². The van der Waals surface area contributed by atoms with Gasteiger partial charge in [0.05, 0.1) is 13.2 Å². The molecular weight excluding hydrogens is 529 g/mol. The molecule has 4 nitrogen and oxygen atoms in total. The zero-order valence-electron chi connectivity index (χ0n) is 23.7. The van der Waals surface area contributed by atoms with Crippen LogP contribution in [0.2, 0.25) is 18.1 Å². The molecule has 0 amide bonds. The van der Waals surface area contributed by atoms with Crippen LogP contribution in [-0.2, 0) is 14.7 Å². The number of imidazole rings is 1. The number of hydrogen-bond donors (Lipinski definition) is 0. The van der Waals surface area contributed by atoms with Gasteiger partial charge >= 0.3 is 6.18 Å². The van der Waals surface area contributed by atoms with Gasteiger partial charge in [0.1, 0.15) is 11.4 Å². The number of benzene rings is 3. The maximum Gasteiger partial charge on any atom is 0.421 e. The number of ether oxygens (including phenoxy) is 1. The van der Waals surface area contributed by atoms with Gasteiger partial charge in [-0.05, 0) is 34.8 Å². The summed E-state index contributed by atoms with van der Waals surface area (Å²) >= 11 is 0. The summed E-state index contributed by atoms with van der Waals surface area (Å²) in [5.74, 6) is -0.226. The summed E-state index contributed by atoms with van der Waals surface area (Å²) in [4.78, 5) is 4.28. The van der Waals surface area contributed by atoms with Gasteiger partial charge in [-0.25, -0.2) is 4.98 Å². The van der Waals surface area contributed by atoms with Crippen molar-refractivity contribution in [2.24, 2.45) is 0 Å². The minimum atomic E-state index is -4.70. The Morgan fingerprint density at radius 3 is 1.60 bits per heavy atom. The second-order valence-electron chi connectivity index (χ2n) is 11.4. The Morgan fingerprint density at radius 2 is 1.20 bits per heavy atom. The highest BCUT2D eigenvalue weighted by molar-refractivity contribution is 6.74. The molecule has 212 valence electrons. The van der Waals surface area contributed by atoms with Gasteiger partial charge in [-0.1, -0.05) is 112 Å². The van der Waals surface area contributed by atoms with Crippen LogP contribution in [0.3, 0.4) is 0 Å². The van der Waals surface area contributed by atoms with Crippen molar-refractivity contribution in [3.05, 3.63) is 126 Å². The Morgan fingerprint density at radius 1 is 0.750 bits per heavy atom. The zero-order chi connectivity index (χ0) is 29.0. The molecular formula is C32H37F3N2O2Si. The number of nitrogens with zero attached hydrogens (tertiary/aromatic N) is 2. The lowest BCUT2D eigenvalue weighted by molar-refractivity contribution is -0.228. The van der Waals surface area contributed by atoms with Crippen molar-refractivity contribution in [1.29, 1.82) is 0 Å². The molecule has 0 saturated carbocycles. The van der Waals surface area contributed by atoms with Gasteiger partial charge < -0.3 is 13.7 Å². The normalized spacial score (nSPS) is 13.8. The van der Waals surface area contributed by atoms with Gasteiger partial charge in [0.15, 0.2) is 8.32 Å². The molecule has 0 spiro atoms. The summed E-state index contributed by atoms with van der Waals surface area (Å²) in [7, 11) is -2.14. The molecule has 1 unspecified atom stereocenters. The minimum absolute atomic E-state index is 0.0622. The van der Waals surface area contributed by atoms with E-state index in [0.29, 0.717) is 0 Å². The van der Waals surface area contributed by atoms with Crippen LogP contribution < -0.4 is 0 Å². The fourth-order valence-corrected chi connectivity index (χ4v) is 5.77. The second-order valence-corrected chi connectivity index (χ2v) is 16.2. The summed E-state index contributed by atoms with van der Waals surface area (Å²) in [6.45, 7) is 10.3. The van der Waals surface area contributed by atoms with Gasteiger partial charge in [-0.3, -0.25) is 0 Å². The van der Waals surface area contributed by atoms with E-state index >= 15 is 0 Å². The van der Waals surface area contributed by atoms with E-state index in [-0.39, 0.29) is 24.1 Å². The van der Waals surface area contributed by atoms with E-state index < -0.39 is 26.1 Å². The number of halogens is 3. The second kappa shape index (κ2) is 11.7. The van der Waals surface area contributed by atoms with Gasteiger partial charge in [-0.15, -0.1) is 0 Å². The van der Waals surface area contributed by atoms with Crippen LogP contribution in [0.5, 0.6) is 0 Å². The Labute approximate surface area is 235 Å². The molecule has 40 heavy (non-hydrogen) atoms. The van der Waals surface area contributed by atoms with E-state index in [4.69, 9.17) is 9.16 Å². The third kappa shape index (κ3) is 5.94. The third-order valence-corrected chi connectivity index (χ3v) is 12.3. The van der Waals surface area contributed by atoms with E-state index in [1.807, 2.05) is 91.0 Å². The predicted molar refractivity (Wildman–Crippen MR) is 155 cm³/mol. The quantitative estimate of drug-likeness (QED) is 0.110. The van der Waals surface area contributed by atoms with Gasteiger partial charge in [0.2, 0.25) is 6.10 Å². The first-order valence-electron chi connectivity index (χ1n) is 13.4. The van der Waals surface area contributed by atoms with Crippen LogP contribution in [-0.4, -0.2) is 37.3 Å². The lowest BCUT2D eigenvalue weighted by Crippen LogP contribution is -2.42. The third-order valence-electron chi connectivity index (χ3n) is 7.77. The summed E-state index contributed by atoms with van der Waals surface area (Å²) in [6.07, 6.45) is -3.93. The molecule has 4 rings (SSSR count). The van der Waals surface area contributed by atoms with Crippen molar-refractivity contribution in [2.75, 3.05) is 13.2 Å². The van der Waals surface area contributed by atoms with E-state index in [1.54, 1.807) is 10.8 Å². The van der Waals surface area contributed by atoms with Crippen LogP contribution in [0.4, 0.5) is 13.2 Å². The summed E-state index contributed by atoms with van der Waals surface area (Å²) in [5, 5.41) is -0.0622. The van der Waals surface area contributed by atoms with Crippen molar-refractivity contribution in [2.45, 2.75) is 56.7 Å². The zero-order valence-corrected chi connectivity index (χ0v) is 24.7. The number of alkyl halides is 3. The Hall–Kier alpha value is -3.20. The Kier molecular flexibility index (Phi) is 8.73. The molecule has 1 atom stereocenters. The molecule has 0 bridgehead atoms. The molecule has 8 heteroatoms. The van der Waals surface area contributed by atoms with E-state index in [9.17, 15) is 13.2 Å². The van der Waals surface area contributed by atoms with Crippen molar-refractivity contribution < 1.29 is 22.3 Å². The summed E-state index contributed by atoms with van der Waals surface area (Å²) in [6, 6.07) is 28.6. The highest BCUT2D eigenvalue weighted by Crippen LogP contribution is 2.45.